The molecule has 2 atom stereocenters. The molecule has 6 nitrogen and oxygen atoms in total. The number of methoxy groups -OCH3 is 1. The molecule has 1 heterocycles. The molecule has 142 valence electrons. The van der Waals surface area contributed by atoms with Gasteiger partial charge in [0, 0.05) is 19.0 Å². The summed E-state index contributed by atoms with van der Waals surface area (Å²) in [6.07, 6.45) is -0.501. The van der Waals surface area contributed by atoms with Crippen LogP contribution < -0.4 is 4.74 Å². The highest BCUT2D eigenvalue weighted by Gasteiger charge is 2.42. The van der Waals surface area contributed by atoms with E-state index in [2.05, 4.69) is 0 Å². The maximum Gasteiger partial charge on any atom is 0.410 e. The Kier molecular flexibility index (Phi) is 5.64. The molecule has 1 N–H and O–H groups in total. The van der Waals surface area contributed by atoms with Gasteiger partial charge in [-0.1, -0.05) is 42.5 Å². The van der Waals surface area contributed by atoms with Gasteiger partial charge in [-0.05, 0) is 29.7 Å². The molecule has 0 aromatic heterocycles. The number of nitrogens with zero attached hydrogens (tertiary/aromatic N) is 1. The van der Waals surface area contributed by atoms with Crippen molar-refractivity contribution in [3.63, 3.8) is 0 Å². The van der Waals surface area contributed by atoms with Crippen LogP contribution in [0.3, 0.4) is 0 Å². The van der Waals surface area contributed by atoms with Crippen molar-refractivity contribution in [3.05, 3.63) is 65.2 Å². The monoisotopic (exact) mass is 369 g/mol. The molecule has 6 heteroatoms. The van der Waals surface area contributed by atoms with Crippen LogP contribution in [-0.4, -0.2) is 42.3 Å². The van der Waals surface area contributed by atoms with Crippen molar-refractivity contribution in [2.75, 3.05) is 20.2 Å². The number of ether oxygens (including phenoxy) is 2. The van der Waals surface area contributed by atoms with E-state index in [0.717, 1.165) is 16.7 Å². The van der Waals surface area contributed by atoms with Gasteiger partial charge in [-0.3, -0.25) is 4.79 Å². The summed E-state index contributed by atoms with van der Waals surface area (Å²) >= 11 is 0. The number of carbonyl (C=O) groups is 2. The lowest BCUT2D eigenvalue weighted by Gasteiger charge is -2.19. The van der Waals surface area contributed by atoms with E-state index in [1.807, 2.05) is 55.5 Å². The number of hydrogen-bond acceptors (Lipinski definition) is 4. The third-order valence-corrected chi connectivity index (χ3v) is 4.89. The third-order valence-electron chi connectivity index (χ3n) is 4.89. The van der Waals surface area contributed by atoms with Crippen LogP contribution >= 0.6 is 0 Å². The Morgan fingerprint density at radius 3 is 2.56 bits per heavy atom. The number of aliphatic carboxylic acids is 1. The summed E-state index contributed by atoms with van der Waals surface area (Å²) in [5, 5.41) is 9.65. The number of amides is 1. The first-order valence-corrected chi connectivity index (χ1v) is 8.82. The van der Waals surface area contributed by atoms with E-state index >= 15 is 0 Å². The molecular weight excluding hydrogens is 346 g/mol. The van der Waals surface area contributed by atoms with Gasteiger partial charge >= 0.3 is 12.1 Å². The Balaban J connectivity index is 1.75. The van der Waals surface area contributed by atoms with E-state index in [0.29, 0.717) is 5.75 Å². The van der Waals surface area contributed by atoms with E-state index in [4.69, 9.17) is 9.47 Å². The summed E-state index contributed by atoms with van der Waals surface area (Å²) in [6, 6.07) is 15.1. The van der Waals surface area contributed by atoms with Crippen LogP contribution in [0.5, 0.6) is 5.75 Å². The fourth-order valence-corrected chi connectivity index (χ4v) is 3.45. The first-order chi connectivity index (χ1) is 13.0. The number of carboxylic acids is 1. The third kappa shape index (κ3) is 4.22. The molecule has 0 radical (unpaired) electrons. The highest BCUT2D eigenvalue weighted by molar-refractivity contribution is 5.76. The van der Waals surface area contributed by atoms with E-state index in [9.17, 15) is 14.7 Å². The largest absolute Gasteiger partial charge is 0.496 e. The molecular formula is C21H23NO5. The Hall–Kier alpha value is -3.02. The van der Waals surface area contributed by atoms with Gasteiger partial charge in [0.15, 0.2) is 0 Å². The molecule has 1 aliphatic rings. The maximum atomic E-state index is 12.5. The average molecular weight is 369 g/mol. The second kappa shape index (κ2) is 8.12. The van der Waals surface area contributed by atoms with Crippen LogP contribution in [0.4, 0.5) is 4.79 Å². The predicted octanol–water partition coefficient (Wildman–Crippen LogP) is 3.44. The van der Waals surface area contributed by atoms with Gasteiger partial charge in [0.2, 0.25) is 0 Å². The SMILES string of the molecule is COc1cc(C)ccc1C1CN(C(=O)OCc2ccccc2)CC1C(=O)O. The van der Waals surface area contributed by atoms with E-state index in [1.54, 1.807) is 7.11 Å². The van der Waals surface area contributed by atoms with Gasteiger partial charge in [0.25, 0.3) is 0 Å². The fraction of sp³-hybridized carbons (Fsp3) is 0.333. The first-order valence-electron chi connectivity index (χ1n) is 8.82. The number of aryl methyl sites for hydroxylation is 1. The second-order valence-electron chi connectivity index (χ2n) is 6.74. The van der Waals surface area contributed by atoms with E-state index in [-0.39, 0.29) is 25.6 Å². The summed E-state index contributed by atoms with van der Waals surface area (Å²) in [5.74, 6) is -1.33. The molecule has 3 rings (SSSR count). The van der Waals surface area contributed by atoms with Crippen LogP contribution in [0.15, 0.2) is 48.5 Å². The van der Waals surface area contributed by atoms with Gasteiger partial charge in [0.05, 0.1) is 13.0 Å². The zero-order chi connectivity index (χ0) is 19.4. The Bertz CT molecular complexity index is 821. The Morgan fingerprint density at radius 1 is 1.15 bits per heavy atom. The van der Waals surface area contributed by atoms with Crippen molar-refractivity contribution in [1.82, 2.24) is 4.90 Å². The Morgan fingerprint density at radius 2 is 1.89 bits per heavy atom. The topological polar surface area (TPSA) is 76.1 Å². The van der Waals surface area contributed by atoms with Gasteiger partial charge < -0.3 is 19.5 Å². The van der Waals surface area contributed by atoms with Crippen molar-refractivity contribution in [1.29, 1.82) is 0 Å². The first kappa shape index (κ1) is 18.8. The zero-order valence-electron chi connectivity index (χ0n) is 15.4. The van der Waals surface area contributed by atoms with Gasteiger partial charge in [-0.2, -0.15) is 0 Å². The quantitative estimate of drug-likeness (QED) is 0.874. The number of carboxylic acid groups (broad SMARTS) is 1. The van der Waals surface area contributed by atoms with Gasteiger partial charge in [0.1, 0.15) is 12.4 Å². The van der Waals surface area contributed by atoms with E-state index < -0.39 is 18.0 Å². The summed E-state index contributed by atoms with van der Waals surface area (Å²) < 4.78 is 10.8. The molecule has 1 saturated heterocycles. The maximum absolute atomic E-state index is 12.5. The number of rotatable bonds is 5. The van der Waals surface area contributed by atoms with Crippen LogP contribution in [-0.2, 0) is 16.1 Å². The smallest absolute Gasteiger partial charge is 0.410 e. The second-order valence-corrected chi connectivity index (χ2v) is 6.74. The van der Waals surface area contributed by atoms with Crippen LogP contribution in [0.1, 0.15) is 22.6 Å². The number of hydrogen-bond donors (Lipinski definition) is 1. The highest BCUT2D eigenvalue weighted by atomic mass is 16.6. The van der Waals surface area contributed by atoms with Crippen molar-refractivity contribution in [2.24, 2.45) is 5.92 Å². The molecule has 2 unspecified atom stereocenters. The van der Waals surface area contributed by atoms with Crippen molar-refractivity contribution < 1.29 is 24.2 Å². The normalized spacial score (nSPS) is 19.0. The lowest BCUT2D eigenvalue weighted by molar-refractivity contribution is -0.141. The van der Waals surface area contributed by atoms with Gasteiger partial charge in [-0.25, -0.2) is 4.79 Å². The van der Waals surface area contributed by atoms with Crippen molar-refractivity contribution in [3.8, 4) is 5.75 Å². The predicted molar refractivity (Wildman–Crippen MR) is 99.8 cm³/mol. The minimum absolute atomic E-state index is 0.116. The molecule has 1 fully saturated rings. The molecule has 0 aliphatic carbocycles. The zero-order valence-corrected chi connectivity index (χ0v) is 15.4. The fourth-order valence-electron chi connectivity index (χ4n) is 3.45. The lowest BCUT2D eigenvalue weighted by atomic mass is 9.88. The van der Waals surface area contributed by atoms with Crippen molar-refractivity contribution in [2.45, 2.75) is 19.4 Å². The molecule has 2 aromatic carbocycles. The molecule has 0 spiro atoms. The molecule has 1 aliphatic heterocycles. The summed E-state index contributed by atoms with van der Waals surface area (Å²) in [6.45, 7) is 2.50. The number of carbonyl (C=O) groups excluding carboxylic acids is 1. The average Bonchev–Trinajstić information content (AvgIpc) is 3.12. The summed E-state index contributed by atoms with van der Waals surface area (Å²) in [4.78, 5) is 25.7. The van der Waals surface area contributed by atoms with Crippen LogP contribution in [0, 0.1) is 12.8 Å². The van der Waals surface area contributed by atoms with Crippen molar-refractivity contribution >= 4 is 12.1 Å². The molecule has 0 saturated carbocycles. The molecule has 0 bridgehead atoms. The highest BCUT2D eigenvalue weighted by Crippen LogP contribution is 2.38. The molecule has 2 aromatic rings. The number of benzene rings is 2. The molecule has 27 heavy (non-hydrogen) atoms. The Labute approximate surface area is 158 Å². The molecule has 1 amide bonds. The summed E-state index contributed by atoms with van der Waals surface area (Å²) in [7, 11) is 1.56. The van der Waals surface area contributed by atoms with Crippen LogP contribution in [0.2, 0.25) is 0 Å². The minimum atomic E-state index is -0.930. The number of likely N-dealkylation sites (tertiary alicyclic amines) is 1. The summed E-state index contributed by atoms with van der Waals surface area (Å²) in [5.41, 5.74) is 2.71. The minimum Gasteiger partial charge on any atom is -0.496 e. The standard InChI is InChI=1S/C21H23NO5/c1-14-8-9-16(19(10-14)26-2)17-11-22(12-18(17)20(23)24)21(25)27-13-15-6-4-3-5-7-15/h3-10,17-18H,11-13H2,1-2H3,(H,23,24). The van der Waals surface area contributed by atoms with Gasteiger partial charge in [-0.15, -0.1) is 0 Å². The van der Waals surface area contributed by atoms with E-state index in [1.165, 1.54) is 4.90 Å². The lowest BCUT2D eigenvalue weighted by Crippen LogP contribution is -2.30. The van der Waals surface area contributed by atoms with Crippen LogP contribution in [0.25, 0.3) is 0 Å².